The van der Waals surface area contributed by atoms with Crippen molar-refractivity contribution in [2.45, 2.75) is 32.5 Å². The Kier molecular flexibility index (Phi) is 6.44. The zero-order valence-electron chi connectivity index (χ0n) is 20.8. The highest BCUT2D eigenvalue weighted by molar-refractivity contribution is 6.16. The number of benzene rings is 3. The van der Waals surface area contributed by atoms with Gasteiger partial charge in [-0.1, -0.05) is 48.5 Å². The first-order valence-corrected chi connectivity index (χ1v) is 12.0. The van der Waals surface area contributed by atoms with E-state index in [1.54, 1.807) is 49.6 Å². The van der Waals surface area contributed by atoms with Gasteiger partial charge in [-0.05, 0) is 49.7 Å². The smallest absolute Gasteiger partial charge is 0.290 e. The van der Waals surface area contributed by atoms with Crippen molar-refractivity contribution in [3.8, 4) is 11.5 Å². The molecule has 37 heavy (non-hydrogen) atoms. The van der Waals surface area contributed by atoms with Crippen LogP contribution in [-0.4, -0.2) is 34.9 Å². The number of ketones is 1. The van der Waals surface area contributed by atoms with Gasteiger partial charge in [-0.25, -0.2) is 0 Å². The van der Waals surface area contributed by atoms with E-state index in [4.69, 9.17) is 13.9 Å². The average Bonchev–Trinajstić information content (AvgIpc) is 3.44. The lowest BCUT2D eigenvalue weighted by molar-refractivity contribution is -0.130. The number of Topliss-reactive ketones (excluding diaryl/α,β-unsaturated/α-hetero) is 1. The Morgan fingerprint density at radius 1 is 1.03 bits per heavy atom. The van der Waals surface area contributed by atoms with E-state index in [2.05, 4.69) is 0 Å². The number of fused-ring (bicyclic) bond motifs is 1. The summed E-state index contributed by atoms with van der Waals surface area (Å²) in [5.74, 6) is -0.453. The van der Waals surface area contributed by atoms with Crippen LogP contribution < -0.4 is 9.47 Å². The number of aliphatic hydroxyl groups is 1. The van der Waals surface area contributed by atoms with Crippen LogP contribution in [0.3, 0.4) is 0 Å². The molecule has 0 radical (unpaired) electrons. The molecule has 1 atom stereocenters. The molecular formula is C30H27NO6. The first-order valence-electron chi connectivity index (χ1n) is 12.0. The molecule has 0 aliphatic carbocycles. The highest BCUT2D eigenvalue weighted by atomic mass is 16.5. The largest absolute Gasteiger partial charge is 0.503 e. The topological polar surface area (TPSA) is 89.2 Å². The summed E-state index contributed by atoms with van der Waals surface area (Å²) in [5.41, 5.74) is 1.92. The van der Waals surface area contributed by atoms with Crippen LogP contribution in [0, 0.1) is 0 Å². The van der Waals surface area contributed by atoms with Crippen LogP contribution in [0.2, 0.25) is 0 Å². The fraction of sp³-hybridized carbons (Fsp3) is 0.200. The maximum Gasteiger partial charge on any atom is 0.290 e. The van der Waals surface area contributed by atoms with Gasteiger partial charge in [0.05, 0.1) is 31.4 Å². The molecule has 0 spiro atoms. The first kappa shape index (κ1) is 24.2. The van der Waals surface area contributed by atoms with E-state index in [1.807, 2.05) is 50.2 Å². The minimum atomic E-state index is -0.841. The molecule has 0 fully saturated rings. The van der Waals surface area contributed by atoms with Gasteiger partial charge in [0.25, 0.3) is 5.91 Å². The molecule has 1 aromatic heterocycles. The molecule has 1 unspecified atom stereocenters. The van der Waals surface area contributed by atoms with E-state index in [1.165, 1.54) is 4.90 Å². The average molecular weight is 498 g/mol. The Morgan fingerprint density at radius 3 is 2.43 bits per heavy atom. The van der Waals surface area contributed by atoms with Crippen LogP contribution in [0.15, 0.2) is 94.6 Å². The number of carbonyl (C=O) groups is 2. The Bertz CT molecular complexity index is 1470. The Morgan fingerprint density at radius 2 is 1.73 bits per heavy atom. The third-order valence-corrected chi connectivity index (χ3v) is 6.30. The van der Waals surface area contributed by atoms with Gasteiger partial charge >= 0.3 is 0 Å². The minimum Gasteiger partial charge on any atom is -0.503 e. The Hall–Kier alpha value is -4.52. The van der Waals surface area contributed by atoms with E-state index in [0.29, 0.717) is 22.6 Å². The van der Waals surface area contributed by atoms with E-state index in [0.717, 1.165) is 10.9 Å². The molecule has 5 rings (SSSR count). The van der Waals surface area contributed by atoms with Gasteiger partial charge in [0.15, 0.2) is 11.5 Å². The van der Waals surface area contributed by atoms with Gasteiger partial charge in [-0.15, -0.1) is 0 Å². The number of para-hydroxylation sites is 2. The molecular weight excluding hydrogens is 470 g/mol. The van der Waals surface area contributed by atoms with Crippen LogP contribution in [0.1, 0.15) is 41.6 Å². The maximum absolute atomic E-state index is 13.7. The number of hydrogen-bond acceptors (Lipinski definition) is 6. The molecule has 2 heterocycles. The van der Waals surface area contributed by atoms with Gasteiger partial charge in [0.2, 0.25) is 5.78 Å². The van der Waals surface area contributed by atoms with Crippen molar-refractivity contribution in [1.29, 1.82) is 0 Å². The van der Waals surface area contributed by atoms with Gasteiger partial charge < -0.3 is 23.9 Å². The predicted molar refractivity (Wildman–Crippen MR) is 139 cm³/mol. The van der Waals surface area contributed by atoms with E-state index >= 15 is 0 Å². The number of furan rings is 1. The quantitative estimate of drug-likeness (QED) is 0.300. The summed E-state index contributed by atoms with van der Waals surface area (Å²) in [6.07, 6.45) is -0.00452. The number of hydrogen-bond donors (Lipinski definition) is 1. The fourth-order valence-electron chi connectivity index (χ4n) is 4.64. The zero-order chi connectivity index (χ0) is 26.1. The second-order valence-electron chi connectivity index (χ2n) is 9.12. The monoisotopic (exact) mass is 497 g/mol. The molecule has 1 amide bonds. The number of methoxy groups -OCH3 is 1. The van der Waals surface area contributed by atoms with Crippen molar-refractivity contribution in [2.75, 3.05) is 7.11 Å². The Labute approximate surface area is 214 Å². The minimum absolute atomic E-state index is 0.00452. The van der Waals surface area contributed by atoms with Crippen molar-refractivity contribution < 1.29 is 28.6 Å². The molecule has 1 N–H and O–H groups in total. The molecule has 1 aliphatic heterocycles. The molecule has 0 saturated carbocycles. The number of nitrogens with zero attached hydrogens (tertiary/aromatic N) is 1. The molecule has 4 aromatic rings. The number of amides is 1. The molecule has 7 nitrogen and oxygen atoms in total. The summed E-state index contributed by atoms with van der Waals surface area (Å²) in [6, 6.07) is 22.6. The fourth-order valence-corrected chi connectivity index (χ4v) is 4.64. The van der Waals surface area contributed by atoms with Crippen LogP contribution >= 0.6 is 0 Å². The molecule has 0 bridgehead atoms. The summed E-state index contributed by atoms with van der Waals surface area (Å²) in [6.45, 7) is 3.99. The Balaban J connectivity index is 1.58. The van der Waals surface area contributed by atoms with E-state index < -0.39 is 23.5 Å². The van der Waals surface area contributed by atoms with Crippen molar-refractivity contribution in [1.82, 2.24) is 4.90 Å². The maximum atomic E-state index is 13.7. The van der Waals surface area contributed by atoms with Crippen molar-refractivity contribution >= 4 is 22.7 Å². The molecule has 188 valence electrons. The standard InChI is InChI=1S/C30H27NO6/c1-18(2)36-22-14-12-19(13-15-22)27-26(28(32)25-16-20-8-4-7-11-24(20)37-25)29(33)30(34)31(27)17-21-9-5-6-10-23(21)35-3/h4-16,18,27,33H,17H2,1-3H3. The zero-order valence-corrected chi connectivity index (χ0v) is 20.8. The number of aliphatic hydroxyl groups excluding tert-OH is 1. The predicted octanol–water partition coefficient (Wildman–Crippen LogP) is 6.01. The van der Waals surface area contributed by atoms with Gasteiger partial charge in [-0.2, -0.15) is 0 Å². The van der Waals surface area contributed by atoms with E-state index in [9.17, 15) is 14.7 Å². The van der Waals surface area contributed by atoms with Gasteiger partial charge in [0.1, 0.15) is 17.1 Å². The molecule has 0 saturated heterocycles. The SMILES string of the molecule is COc1ccccc1CN1C(=O)C(O)=C(C(=O)c2cc3ccccc3o2)C1c1ccc(OC(C)C)cc1. The third-order valence-electron chi connectivity index (χ3n) is 6.30. The summed E-state index contributed by atoms with van der Waals surface area (Å²) < 4.78 is 17.0. The second-order valence-corrected chi connectivity index (χ2v) is 9.12. The van der Waals surface area contributed by atoms with Crippen molar-refractivity contribution in [3.05, 3.63) is 107 Å². The number of ether oxygens (including phenoxy) is 2. The van der Waals surface area contributed by atoms with Crippen LogP contribution in [-0.2, 0) is 11.3 Å². The van der Waals surface area contributed by atoms with Gasteiger partial charge in [-0.3, -0.25) is 9.59 Å². The van der Waals surface area contributed by atoms with Crippen molar-refractivity contribution in [2.24, 2.45) is 0 Å². The van der Waals surface area contributed by atoms with Crippen LogP contribution in [0.25, 0.3) is 11.0 Å². The number of carbonyl (C=O) groups excluding carboxylic acids is 2. The number of rotatable bonds is 8. The molecule has 1 aliphatic rings. The summed E-state index contributed by atoms with van der Waals surface area (Å²) >= 11 is 0. The lowest BCUT2D eigenvalue weighted by Crippen LogP contribution is -2.30. The van der Waals surface area contributed by atoms with Crippen LogP contribution in [0.4, 0.5) is 0 Å². The highest BCUT2D eigenvalue weighted by Gasteiger charge is 2.44. The summed E-state index contributed by atoms with van der Waals surface area (Å²) in [7, 11) is 1.56. The first-order chi connectivity index (χ1) is 17.9. The van der Waals surface area contributed by atoms with Crippen LogP contribution in [0.5, 0.6) is 11.5 Å². The molecule has 3 aromatic carbocycles. The molecule has 7 heteroatoms. The highest BCUT2D eigenvalue weighted by Crippen LogP contribution is 2.41. The van der Waals surface area contributed by atoms with Crippen molar-refractivity contribution in [3.63, 3.8) is 0 Å². The lowest BCUT2D eigenvalue weighted by atomic mass is 9.94. The second kappa shape index (κ2) is 9.85. The summed E-state index contributed by atoms with van der Waals surface area (Å²) in [5, 5.41) is 11.8. The van der Waals surface area contributed by atoms with E-state index in [-0.39, 0.29) is 24.0 Å². The lowest BCUT2D eigenvalue weighted by Gasteiger charge is -2.27. The normalized spacial score (nSPS) is 15.6. The summed E-state index contributed by atoms with van der Waals surface area (Å²) in [4.78, 5) is 28.6. The third kappa shape index (κ3) is 4.56. The van der Waals surface area contributed by atoms with Gasteiger partial charge in [0, 0.05) is 10.9 Å².